The Morgan fingerprint density at radius 1 is 1.12 bits per heavy atom. The Bertz CT molecular complexity index is 891. The first-order chi connectivity index (χ1) is 15.6. The fraction of sp³-hybridized carbons (Fsp3) is 0.478. The summed E-state index contributed by atoms with van der Waals surface area (Å²) in [5.41, 5.74) is 1.30. The van der Waals surface area contributed by atoms with Gasteiger partial charge in [0.1, 0.15) is 5.82 Å². The van der Waals surface area contributed by atoms with Gasteiger partial charge in [-0.25, -0.2) is 9.78 Å². The molecule has 0 aliphatic carbocycles. The second-order valence-corrected chi connectivity index (χ2v) is 8.72. The second-order valence-electron chi connectivity index (χ2n) is 8.28. The van der Waals surface area contributed by atoms with Crippen LogP contribution < -0.4 is 4.90 Å². The summed E-state index contributed by atoms with van der Waals surface area (Å²) in [5, 5.41) is 18.2. The Hall–Kier alpha value is -2.36. The smallest absolute Gasteiger partial charge is 0.475 e. The number of nitrogens with zero attached hydrogens (tertiary/aromatic N) is 3. The molecule has 4 rings (SSSR count). The van der Waals surface area contributed by atoms with Gasteiger partial charge in [-0.3, -0.25) is 4.90 Å². The van der Waals surface area contributed by atoms with E-state index < -0.39 is 12.1 Å². The molecule has 2 aromatic rings. The van der Waals surface area contributed by atoms with E-state index in [0.717, 1.165) is 56.2 Å². The minimum Gasteiger partial charge on any atom is -0.475 e. The molecule has 0 amide bonds. The first-order valence-corrected chi connectivity index (χ1v) is 11.2. The molecular weight excluding hydrogens is 459 g/mol. The minimum atomic E-state index is -5.08. The predicted molar refractivity (Wildman–Crippen MR) is 119 cm³/mol. The molecule has 2 aliphatic rings. The molecule has 2 N–H and O–H groups in total. The van der Waals surface area contributed by atoms with Crippen LogP contribution in [0.4, 0.5) is 19.0 Å². The van der Waals surface area contributed by atoms with Gasteiger partial charge in [0.05, 0.1) is 6.10 Å². The van der Waals surface area contributed by atoms with Gasteiger partial charge in [-0.05, 0) is 55.5 Å². The van der Waals surface area contributed by atoms with Crippen LogP contribution in [0.1, 0.15) is 24.8 Å². The standard InChI is InChI=1S/C21H26ClN3O.C2HF3O2/c22-17-6-4-16(5-7-17)13-19-14-20(26)15-25(19)18-8-11-24(12-9-18)21-3-1-2-10-23-21;3-2(4,5)1(6)7/h1-7,10,18-20,26H,8-9,11-15H2;(H,6,7)/t19-,20+;/m0./s1. The summed E-state index contributed by atoms with van der Waals surface area (Å²) in [6, 6.07) is 15.2. The van der Waals surface area contributed by atoms with Crippen LogP contribution in [0, 0.1) is 0 Å². The topological polar surface area (TPSA) is 76.9 Å². The number of pyridine rings is 1. The highest BCUT2D eigenvalue weighted by molar-refractivity contribution is 6.30. The maximum absolute atomic E-state index is 10.6. The largest absolute Gasteiger partial charge is 0.490 e. The number of carboxylic acids is 1. The average molecular weight is 486 g/mol. The number of carboxylic acid groups (broad SMARTS) is 1. The zero-order valence-corrected chi connectivity index (χ0v) is 18.7. The van der Waals surface area contributed by atoms with Gasteiger partial charge in [-0.2, -0.15) is 13.2 Å². The van der Waals surface area contributed by atoms with Crippen LogP contribution >= 0.6 is 11.6 Å². The Kier molecular flexibility index (Phi) is 8.56. The van der Waals surface area contributed by atoms with E-state index in [1.54, 1.807) is 0 Å². The lowest BCUT2D eigenvalue weighted by Crippen LogP contribution is -2.47. The van der Waals surface area contributed by atoms with Crippen molar-refractivity contribution in [2.75, 3.05) is 24.5 Å². The molecule has 0 bridgehead atoms. The molecule has 1 aromatic carbocycles. The van der Waals surface area contributed by atoms with Gasteiger partial charge in [-0.15, -0.1) is 0 Å². The van der Waals surface area contributed by atoms with Crippen molar-refractivity contribution < 1.29 is 28.2 Å². The van der Waals surface area contributed by atoms with Gasteiger partial charge in [-0.1, -0.05) is 29.8 Å². The zero-order valence-electron chi connectivity index (χ0n) is 18.0. The molecule has 6 nitrogen and oxygen atoms in total. The number of halogens is 4. The van der Waals surface area contributed by atoms with E-state index in [1.165, 1.54) is 5.56 Å². The molecule has 0 spiro atoms. The van der Waals surface area contributed by atoms with E-state index in [1.807, 2.05) is 30.5 Å². The third kappa shape index (κ3) is 7.31. The summed E-state index contributed by atoms with van der Waals surface area (Å²) in [6.07, 6.45) is 0.667. The van der Waals surface area contributed by atoms with Crippen LogP contribution in [-0.2, 0) is 11.2 Å². The number of hydrogen-bond donors (Lipinski definition) is 2. The lowest BCUT2D eigenvalue weighted by atomic mass is 9.99. The Morgan fingerprint density at radius 3 is 2.30 bits per heavy atom. The SMILES string of the molecule is O=C(O)C(F)(F)F.O[C@@H]1C[C@H](Cc2ccc(Cl)cc2)N(C2CCN(c3ccccn3)CC2)C1. The first-order valence-electron chi connectivity index (χ1n) is 10.8. The molecule has 180 valence electrons. The van der Waals surface area contributed by atoms with Crippen molar-refractivity contribution in [3.8, 4) is 0 Å². The molecule has 0 unspecified atom stereocenters. The summed E-state index contributed by atoms with van der Waals surface area (Å²) >= 11 is 6.01. The molecule has 0 saturated carbocycles. The van der Waals surface area contributed by atoms with Crippen LogP contribution in [0.15, 0.2) is 48.7 Å². The first kappa shape index (κ1) is 25.3. The van der Waals surface area contributed by atoms with Crippen LogP contribution in [-0.4, -0.2) is 70.1 Å². The summed E-state index contributed by atoms with van der Waals surface area (Å²) in [7, 11) is 0. The van der Waals surface area contributed by atoms with E-state index >= 15 is 0 Å². The third-order valence-electron chi connectivity index (χ3n) is 5.97. The molecule has 2 atom stereocenters. The van der Waals surface area contributed by atoms with E-state index in [0.29, 0.717) is 12.1 Å². The summed E-state index contributed by atoms with van der Waals surface area (Å²) in [4.78, 5) is 18.3. The normalized spacial score (nSPS) is 22.0. The number of likely N-dealkylation sites (tertiary alicyclic amines) is 1. The van der Waals surface area contributed by atoms with Gasteiger partial charge < -0.3 is 15.1 Å². The maximum atomic E-state index is 10.6. The highest BCUT2D eigenvalue weighted by Gasteiger charge is 2.38. The van der Waals surface area contributed by atoms with E-state index in [4.69, 9.17) is 21.5 Å². The number of hydrogen-bond acceptors (Lipinski definition) is 5. The quantitative estimate of drug-likeness (QED) is 0.681. The number of piperidine rings is 1. The molecule has 33 heavy (non-hydrogen) atoms. The molecule has 3 heterocycles. The number of aliphatic hydroxyl groups excluding tert-OH is 1. The third-order valence-corrected chi connectivity index (χ3v) is 6.22. The average Bonchev–Trinajstić information content (AvgIpc) is 3.16. The van der Waals surface area contributed by atoms with Gasteiger partial charge in [0.25, 0.3) is 0 Å². The summed E-state index contributed by atoms with van der Waals surface area (Å²) < 4.78 is 31.7. The summed E-state index contributed by atoms with van der Waals surface area (Å²) in [6.45, 7) is 2.86. The van der Waals surface area contributed by atoms with Crippen molar-refractivity contribution in [1.29, 1.82) is 0 Å². The Morgan fingerprint density at radius 2 is 1.76 bits per heavy atom. The number of carbonyl (C=O) groups is 1. The highest BCUT2D eigenvalue weighted by Crippen LogP contribution is 2.29. The van der Waals surface area contributed by atoms with E-state index in [9.17, 15) is 18.3 Å². The van der Waals surface area contributed by atoms with Crippen molar-refractivity contribution in [3.63, 3.8) is 0 Å². The predicted octanol–water partition coefficient (Wildman–Crippen LogP) is 4.02. The minimum absolute atomic E-state index is 0.207. The number of anilines is 1. The van der Waals surface area contributed by atoms with Crippen molar-refractivity contribution >= 4 is 23.4 Å². The molecule has 10 heteroatoms. The lowest BCUT2D eigenvalue weighted by Gasteiger charge is -2.39. The number of aromatic nitrogens is 1. The van der Waals surface area contributed by atoms with Gasteiger partial charge in [0, 0.05) is 42.9 Å². The van der Waals surface area contributed by atoms with Crippen molar-refractivity contribution in [1.82, 2.24) is 9.88 Å². The van der Waals surface area contributed by atoms with Crippen molar-refractivity contribution in [3.05, 3.63) is 59.2 Å². The second kappa shape index (κ2) is 11.2. The fourth-order valence-corrected chi connectivity index (χ4v) is 4.55. The molecular formula is C23H27ClF3N3O3. The number of aliphatic hydroxyl groups is 1. The molecule has 2 aliphatic heterocycles. The van der Waals surface area contributed by atoms with Crippen LogP contribution in [0.25, 0.3) is 0 Å². The molecule has 1 aromatic heterocycles. The van der Waals surface area contributed by atoms with Crippen LogP contribution in [0.2, 0.25) is 5.02 Å². The number of benzene rings is 1. The molecule has 2 saturated heterocycles. The monoisotopic (exact) mass is 485 g/mol. The fourth-order valence-electron chi connectivity index (χ4n) is 4.42. The van der Waals surface area contributed by atoms with E-state index in [-0.39, 0.29) is 6.10 Å². The number of β-amino-alcohol motifs (C(OH)–C–C–N with tert-alkyl or cyclic N) is 1. The number of aliphatic carboxylic acids is 1. The molecule has 0 radical (unpaired) electrons. The van der Waals surface area contributed by atoms with Crippen LogP contribution in [0.3, 0.4) is 0 Å². The summed E-state index contributed by atoms with van der Waals surface area (Å²) in [5.74, 6) is -1.68. The van der Waals surface area contributed by atoms with Crippen molar-refractivity contribution in [2.24, 2.45) is 0 Å². The van der Waals surface area contributed by atoms with Crippen LogP contribution in [0.5, 0.6) is 0 Å². The maximum Gasteiger partial charge on any atom is 0.490 e. The highest BCUT2D eigenvalue weighted by atomic mass is 35.5. The van der Waals surface area contributed by atoms with Crippen molar-refractivity contribution in [2.45, 2.75) is 50.0 Å². The van der Waals surface area contributed by atoms with Gasteiger partial charge in [0.2, 0.25) is 0 Å². The zero-order chi connectivity index (χ0) is 24.0. The van der Waals surface area contributed by atoms with Gasteiger partial charge in [0.15, 0.2) is 0 Å². The number of alkyl halides is 3. The lowest BCUT2D eigenvalue weighted by molar-refractivity contribution is -0.192. The Labute approximate surface area is 195 Å². The Balaban J connectivity index is 0.000000383. The van der Waals surface area contributed by atoms with E-state index in [2.05, 4.69) is 33.0 Å². The molecule has 2 fully saturated rings. The van der Waals surface area contributed by atoms with Gasteiger partial charge >= 0.3 is 12.1 Å². The number of rotatable bonds is 4.